The fourth-order valence-corrected chi connectivity index (χ4v) is 3.05. The Bertz CT molecular complexity index is 531. The van der Waals surface area contributed by atoms with E-state index in [1.54, 1.807) is 18.3 Å². The zero-order chi connectivity index (χ0) is 15.9. The molecular weight excluding hydrogens is 350 g/mol. The molecule has 1 aromatic rings. The molecule has 0 aromatic carbocycles. The summed E-state index contributed by atoms with van der Waals surface area (Å²) < 4.78 is 5.49. The quantitative estimate of drug-likeness (QED) is 0.779. The molecule has 1 aliphatic carbocycles. The molecule has 22 heavy (non-hydrogen) atoms. The van der Waals surface area contributed by atoms with Crippen LogP contribution in [0.25, 0.3) is 0 Å². The topological polar surface area (TPSA) is 94.3 Å². The SMILES string of the molecule is NC(=O)OCC1CCC(CNC(=O)c2ccnc(Br)c2)CC1. The molecule has 7 heteroatoms. The van der Waals surface area contributed by atoms with Crippen LogP contribution in [0.4, 0.5) is 4.79 Å². The lowest BCUT2D eigenvalue weighted by atomic mass is 9.82. The Kier molecular flexibility index (Phi) is 6.18. The van der Waals surface area contributed by atoms with Crippen LogP contribution in [0.15, 0.2) is 22.9 Å². The van der Waals surface area contributed by atoms with Crippen LogP contribution in [0, 0.1) is 11.8 Å². The number of nitrogens with two attached hydrogens (primary N) is 1. The van der Waals surface area contributed by atoms with E-state index >= 15 is 0 Å². The van der Waals surface area contributed by atoms with Crippen LogP contribution in [0.5, 0.6) is 0 Å². The van der Waals surface area contributed by atoms with Crippen molar-refractivity contribution in [3.63, 3.8) is 0 Å². The standard InChI is InChI=1S/C15H20BrN3O3/c16-13-7-12(5-6-18-13)14(20)19-8-10-1-3-11(4-2-10)9-22-15(17)21/h5-7,10-11H,1-4,8-9H2,(H2,17,21)(H,19,20). The second-order valence-electron chi connectivity index (χ2n) is 5.59. The molecule has 0 radical (unpaired) electrons. The van der Waals surface area contributed by atoms with Crippen LogP contribution >= 0.6 is 15.9 Å². The van der Waals surface area contributed by atoms with E-state index in [0.29, 0.717) is 35.2 Å². The maximum atomic E-state index is 12.1. The van der Waals surface area contributed by atoms with Crippen molar-refractivity contribution < 1.29 is 14.3 Å². The number of aromatic nitrogens is 1. The predicted octanol–water partition coefficient (Wildman–Crippen LogP) is 2.48. The third kappa shape index (κ3) is 5.29. The third-order valence-corrected chi connectivity index (χ3v) is 4.40. The van der Waals surface area contributed by atoms with E-state index in [9.17, 15) is 9.59 Å². The lowest BCUT2D eigenvalue weighted by Crippen LogP contribution is -2.32. The van der Waals surface area contributed by atoms with E-state index in [1.165, 1.54) is 0 Å². The third-order valence-electron chi connectivity index (χ3n) is 3.97. The average molecular weight is 370 g/mol. The molecule has 1 saturated carbocycles. The Morgan fingerprint density at radius 1 is 1.32 bits per heavy atom. The molecule has 0 saturated heterocycles. The van der Waals surface area contributed by atoms with E-state index in [4.69, 9.17) is 10.5 Å². The zero-order valence-electron chi connectivity index (χ0n) is 12.3. The smallest absolute Gasteiger partial charge is 0.404 e. The predicted molar refractivity (Wildman–Crippen MR) is 85.3 cm³/mol. The largest absolute Gasteiger partial charge is 0.449 e. The summed E-state index contributed by atoms with van der Waals surface area (Å²) in [6.45, 7) is 1.07. The van der Waals surface area contributed by atoms with Crippen LogP contribution in [-0.4, -0.2) is 30.1 Å². The molecule has 2 amide bonds. The summed E-state index contributed by atoms with van der Waals surface area (Å²) in [5, 5.41) is 2.97. The van der Waals surface area contributed by atoms with E-state index < -0.39 is 6.09 Å². The van der Waals surface area contributed by atoms with Crippen molar-refractivity contribution in [2.75, 3.05) is 13.2 Å². The molecule has 1 heterocycles. The number of nitrogens with zero attached hydrogens (tertiary/aromatic N) is 1. The summed E-state index contributed by atoms with van der Waals surface area (Å²) in [5.74, 6) is 0.775. The Labute approximate surface area is 137 Å². The highest BCUT2D eigenvalue weighted by Crippen LogP contribution is 2.28. The van der Waals surface area contributed by atoms with Crippen LogP contribution in [0.3, 0.4) is 0 Å². The number of ether oxygens (including phenoxy) is 1. The van der Waals surface area contributed by atoms with Crippen molar-refractivity contribution in [2.24, 2.45) is 17.6 Å². The molecule has 0 aliphatic heterocycles. The molecule has 1 aromatic heterocycles. The van der Waals surface area contributed by atoms with Crippen LogP contribution in [-0.2, 0) is 4.74 Å². The highest BCUT2D eigenvalue weighted by molar-refractivity contribution is 9.10. The van der Waals surface area contributed by atoms with Gasteiger partial charge in [-0.05, 0) is 65.6 Å². The van der Waals surface area contributed by atoms with Gasteiger partial charge in [0.15, 0.2) is 0 Å². The number of nitrogens with one attached hydrogen (secondary N) is 1. The van der Waals surface area contributed by atoms with Gasteiger partial charge in [-0.2, -0.15) is 0 Å². The summed E-state index contributed by atoms with van der Waals surface area (Å²) >= 11 is 3.25. The van der Waals surface area contributed by atoms with Crippen molar-refractivity contribution >= 4 is 27.9 Å². The Morgan fingerprint density at radius 2 is 2.00 bits per heavy atom. The first-order valence-electron chi connectivity index (χ1n) is 7.36. The van der Waals surface area contributed by atoms with Gasteiger partial charge in [0, 0.05) is 18.3 Å². The monoisotopic (exact) mass is 369 g/mol. The Hall–Kier alpha value is -1.63. The van der Waals surface area contributed by atoms with Gasteiger partial charge in [0.1, 0.15) is 4.60 Å². The normalized spacial score (nSPS) is 21.1. The number of primary amides is 1. The van der Waals surface area contributed by atoms with Crippen LogP contribution < -0.4 is 11.1 Å². The van der Waals surface area contributed by atoms with Crippen LogP contribution in [0.1, 0.15) is 36.0 Å². The first-order chi connectivity index (χ1) is 10.5. The van der Waals surface area contributed by atoms with Crippen molar-refractivity contribution in [2.45, 2.75) is 25.7 Å². The number of rotatable bonds is 5. The van der Waals surface area contributed by atoms with Gasteiger partial charge in [-0.25, -0.2) is 9.78 Å². The fraction of sp³-hybridized carbons (Fsp3) is 0.533. The minimum absolute atomic E-state index is 0.0812. The summed E-state index contributed by atoms with van der Waals surface area (Å²) in [6, 6.07) is 3.39. The summed E-state index contributed by atoms with van der Waals surface area (Å²) in [6.07, 6.45) is 4.92. The molecule has 0 atom stereocenters. The summed E-state index contributed by atoms with van der Waals surface area (Å²) in [4.78, 5) is 26.6. The maximum absolute atomic E-state index is 12.1. The molecule has 0 bridgehead atoms. The molecule has 1 fully saturated rings. The molecular formula is C15H20BrN3O3. The Morgan fingerprint density at radius 3 is 2.64 bits per heavy atom. The second-order valence-corrected chi connectivity index (χ2v) is 6.41. The van der Waals surface area contributed by atoms with E-state index in [-0.39, 0.29) is 5.91 Å². The van der Waals surface area contributed by atoms with Gasteiger partial charge >= 0.3 is 6.09 Å². The second kappa shape index (κ2) is 8.12. The molecule has 120 valence electrons. The van der Waals surface area contributed by atoms with Gasteiger partial charge in [0.2, 0.25) is 0 Å². The highest BCUT2D eigenvalue weighted by atomic mass is 79.9. The summed E-state index contributed by atoms with van der Waals surface area (Å²) in [7, 11) is 0. The fourth-order valence-electron chi connectivity index (χ4n) is 2.69. The molecule has 0 spiro atoms. The molecule has 2 rings (SSSR count). The number of halogens is 1. The van der Waals surface area contributed by atoms with Crippen molar-refractivity contribution in [3.8, 4) is 0 Å². The Balaban J connectivity index is 1.70. The van der Waals surface area contributed by atoms with Crippen molar-refractivity contribution in [1.82, 2.24) is 10.3 Å². The molecule has 1 aliphatic rings. The van der Waals surface area contributed by atoms with Crippen molar-refractivity contribution in [3.05, 3.63) is 28.5 Å². The number of carbonyl (C=O) groups excluding carboxylic acids is 2. The van der Waals surface area contributed by atoms with Gasteiger partial charge in [-0.3, -0.25) is 4.79 Å². The first kappa shape index (κ1) is 16.7. The lowest BCUT2D eigenvalue weighted by Gasteiger charge is -2.28. The zero-order valence-corrected chi connectivity index (χ0v) is 13.8. The molecule has 6 nitrogen and oxygen atoms in total. The highest BCUT2D eigenvalue weighted by Gasteiger charge is 2.22. The number of amides is 2. The van der Waals surface area contributed by atoms with E-state index in [1.807, 2.05) is 0 Å². The number of hydrogen-bond donors (Lipinski definition) is 2. The van der Waals surface area contributed by atoms with E-state index in [2.05, 4.69) is 26.2 Å². The lowest BCUT2D eigenvalue weighted by molar-refractivity contribution is 0.0928. The van der Waals surface area contributed by atoms with Crippen LogP contribution in [0.2, 0.25) is 0 Å². The van der Waals surface area contributed by atoms with Gasteiger partial charge < -0.3 is 15.8 Å². The number of pyridine rings is 1. The van der Waals surface area contributed by atoms with Gasteiger partial charge in [-0.15, -0.1) is 0 Å². The first-order valence-corrected chi connectivity index (χ1v) is 8.16. The van der Waals surface area contributed by atoms with Gasteiger partial charge in [0.05, 0.1) is 6.61 Å². The van der Waals surface area contributed by atoms with Gasteiger partial charge in [0.25, 0.3) is 5.91 Å². The van der Waals surface area contributed by atoms with Gasteiger partial charge in [-0.1, -0.05) is 0 Å². The minimum Gasteiger partial charge on any atom is -0.449 e. The molecule has 3 N–H and O–H groups in total. The number of hydrogen-bond acceptors (Lipinski definition) is 4. The van der Waals surface area contributed by atoms with Crippen molar-refractivity contribution in [1.29, 1.82) is 0 Å². The molecule has 0 unspecified atom stereocenters. The summed E-state index contributed by atoms with van der Waals surface area (Å²) in [5.41, 5.74) is 5.57. The van der Waals surface area contributed by atoms with E-state index in [0.717, 1.165) is 25.7 Å². The number of carbonyl (C=O) groups is 2. The average Bonchev–Trinajstić information content (AvgIpc) is 2.51. The minimum atomic E-state index is -0.710. The maximum Gasteiger partial charge on any atom is 0.404 e.